The van der Waals surface area contributed by atoms with Crippen LogP contribution in [0.3, 0.4) is 0 Å². The Kier molecular flexibility index (Phi) is 6.27. The average molecular weight is 377 g/mol. The fourth-order valence-electron chi connectivity index (χ4n) is 3.29. The first kappa shape index (κ1) is 18.9. The zero-order valence-corrected chi connectivity index (χ0v) is 15.7. The maximum atomic E-state index is 12.3. The number of rotatable bonds is 5. The van der Waals surface area contributed by atoms with E-state index in [4.69, 9.17) is 4.52 Å². The topological polar surface area (TPSA) is 62.5 Å². The van der Waals surface area contributed by atoms with Gasteiger partial charge in [0.05, 0.1) is 6.54 Å². The lowest BCUT2D eigenvalue weighted by Gasteiger charge is -2.21. The van der Waals surface area contributed by atoms with E-state index < -0.39 is 0 Å². The fraction of sp³-hybridized carbons (Fsp3) is 0.526. The molecule has 2 heterocycles. The molecule has 4 rings (SSSR count). The molecule has 0 bridgehead atoms. The van der Waals surface area contributed by atoms with Gasteiger partial charge in [-0.1, -0.05) is 23.4 Å². The summed E-state index contributed by atoms with van der Waals surface area (Å²) in [6.45, 7) is 4.16. The summed E-state index contributed by atoms with van der Waals surface area (Å²) in [5.41, 5.74) is 0.939. The van der Waals surface area contributed by atoms with Crippen molar-refractivity contribution in [3.63, 3.8) is 0 Å². The number of hydrogen-bond donors (Lipinski definition) is 0. The molecule has 1 aliphatic heterocycles. The molecule has 0 unspecified atom stereocenters. The molecule has 1 amide bonds. The Balaban J connectivity index is 0.00000196. The second kappa shape index (κ2) is 8.64. The second-order valence-electron chi connectivity index (χ2n) is 7.04. The summed E-state index contributed by atoms with van der Waals surface area (Å²) in [6.07, 6.45) is 4.20. The minimum Gasteiger partial charge on any atom is -0.341 e. The molecule has 1 aromatic heterocycles. The molecule has 0 N–H and O–H groups in total. The van der Waals surface area contributed by atoms with E-state index in [-0.39, 0.29) is 12.4 Å². The first-order valence-corrected chi connectivity index (χ1v) is 9.16. The monoisotopic (exact) mass is 376 g/mol. The highest BCUT2D eigenvalue weighted by Crippen LogP contribution is 2.33. The third-order valence-electron chi connectivity index (χ3n) is 4.96. The van der Waals surface area contributed by atoms with Crippen LogP contribution in [0.5, 0.6) is 0 Å². The lowest BCUT2D eigenvalue weighted by molar-refractivity contribution is -0.131. The molecule has 6 nitrogen and oxygen atoms in total. The van der Waals surface area contributed by atoms with Crippen molar-refractivity contribution in [2.45, 2.75) is 32.2 Å². The van der Waals surface area contributed by atoms with Gasteiger partial charge in [-0.2, -0.15) is 4.98 Å². The van der Waals surface area contributed by atoms with Crippen LogP contribution in [-0.2, 0) is 11.3 Å². The first-order chi connectivity index (χ1) is 12.3. The molecule has 0 atom stereocenters. The maximum Gasteiger partial charge on any atom is 0.257 e. The van der Waals surface area contributed by atoms with Gasteiger partial charge in [-0.3, -0.25) is 9.69 Å². The van der Waals surface area contributed by atoms with Crippen LogP contribution in [0, 0.1) is 5.92 Å². The fourth-order valence-corrected chi connectivity index (χ4v) is 3.29. The highest BCUT2D eigenvalue weighted by atomic mass is 35.5. The van der Waals surface area contributed by atoms with Crippen LogP contribution in [0.15, 0.2) is 34.9 Å². The van der Waals surface area contributed by atoms with Gasteiger partial charge < -0.3 is 9.42 Å². The molecule has 1 aromatic carbocycles. The van der Waals surface area contributed by atoms with Crippen LogP contribution in [0.4, 0.5) is 0 Å². The average Bonchev–Trinajstić information content (AvgIpc) is 3.37. The molecule has 2 aliphatic rings. The van der Waals surface area contributed by atoms with Gasteiger partial charge in [0.1, 0.15) is 0 Å². The van der Waals surface area contributed by atoms with Gasteiger partial charge >= 0.3 is 0 Å². The van der Waals surface area contributed by atoms with Gasteiger partial charge in [-0.15, -0.1) is 12.4 Å². The number of carbonyl (C=O) groups is 1. The maximum absolute atomic E-state index is 12.3. The Hall–Kier alpha value is -1.92. The normalized spacial score (nSPS) is 18.2. The van der Waals surface area contributed by atoms with Gasteiger partial charge in [0.2, 0.25) is 5.91 Å². The highest BCUT2D eigenvalue weighted by Gasteiger charge is 2.28. The number of aromatic nitrogens is 2. The molecule has 0 radical (unpaired) electrons. The number of halogens is 1. The zero-order chi connectivity index (χ0) is 17.1. The van der Waals surface area contributed by atoms with E-state index in [0.717, 1.165) is 44.6 Å². The van der Waals surface area contributed by atoms with Crippen LogP contribution < -0.4 is 0 Å². The number of nitrogens with zero attached hydrogens (tertiary/aromatic N) is 4. The minimum atomic E-state index is 0. The van der Waals surface area contributed by atoms with Crippen molar-refractivity contribution in [3.8, 4) is 11.5 Å². The van der Waals surface area contributed by atoms with Crippen molar-refractivity contribution in [3.05, 3.63) is 36.2 Å². The lowest BCUT2D eigenvalue weighted by Crippen LogP contribution is -2.35. The molecule has 1 saturated carbocycles. The summed E-state index contributed by atoms with van der Waals surface area (Å²) in [6, 6.07) is 9.82. The first-order valence-electron chi connectivity index (χ1n) is 9.16. The molecule has 140 valence electrons. The highest BCUT2D eigenvalue weighted by molar-refractivity contribution is 5.85. The molecule has 1 aliphatic carbocycles. The molecule has 2 fully saturated rings. The van der Waals surface area contributed by atoms with Crippen LogP contribution >= 0.6 is 12.4 Å². The molecular weight excluding hydrogens is 352 g/mol. The van der Waals surface area contributed by atoms with E-state index in [2.05, 4.69) is 15.0 Å². The summed E-state index contributed by atoms with van der Waals surface area (Å²) < 4.78 is 5.38. The van der Waals surface area contributed by atoms with Gasteiger partial charge in [0.25, 0.3) is 5.89 Å². The van der Waals surface area contributed by atoms with E-state index in [1.807, 2.05) is 35.2 Å². The summed E-state index contributed by atoms with van der Waals surface area (Å²) in [7, 11) is 0. The SMILES string of the molecule is Cl.O=C(CC1CC1)N1CCCN(Cc2noc(-c3ccccc3)n2)CC1. The van der Waals surface area contributed by atoms with Crippen molar-refractivity contribution in [1.82, 2.24) is 19.9 Å². The molecule has 2 aromatic rings. The van der Waals surface area contributed by atoms with Gasteiger partial charge in [-0.25, -0.2) is 0 Å². The van der Waals surface area contributed by atoms with Gasteiger partial charge in [0.15, 0.2) is 5.82 Å². The van der Waals surface area contributed by atoms with Crippen LogP contribution in [0.2, 0.25) is 0 Å². The van der Waals surface area contributed by atoms with E-state index >= 15 is 0 Å². The van der Waals surface area contributed by atoms with Crippen molar-refractivity contribution < 1.29 is 9.32 Å². The molecule has 0 spiro atoms. The molecule has 1 saturated heterocycles. The summed E-state index contributed by atoms with van der Waals surface area (Å²) in [4.78, 5) is 21.1. The summed E-state index contributed by atoms with van der Waals surface area (Å²) >= 11 is 0. The van der Waals surface area contributed by atoms with Crippen molar-refractivity contribution in [1.29, 1.82) is 0 Å². The predicted molar refractivity (Wildman–Crippen MR) is 101 cm³/mol. The predicted octanol–water partition coefficient (Wildman–Crippen LogP) is 2.99. The van der Waals surface area contributed by atoms with Crippen molar-refractivity contribution in [2.24, 2.45) is 5.92 Å². The zero-order valence-electron chi connectivity index (χ0n) is 14.8. The van der Waals surface area contributed by atoms with E-state index in [0.29, 0.717) is 30.1 Å². The number of carbonyl (C=O) groups excluding carboxylic acids is 1. The van der Waals surface area contributed by atoms with Crippen LogP contribution in [0.25, 0.3) is 11.5 Å². The Labute approximate surface area is 160 Å². The largest absolute Gasteiger partial charge is 0.341 e. The Morgan fingerprint density at radius 2 is 1.92 bits per heavy atom. The second-order valence-corrected chi connectivity index (χ2v) is 7.04. The summed E-state index contributed by atoms with van der Waals surface area (Å²) in [5, 5.41) is 4.11. The van der Waals surface area contributed by atoms with E-state index in [1.165, 1.54) is 12.8 Å². The summed E-state index contributed by atoms with van der Waals surface area (Å²) in [5.74, 6) is 2.25. The smallest absolute Gasteiger partial charge is 0.257 e. The molecule has 7 heteroatoms. The number of benzene rings is 1. The molecular formula is C19H25ClN4O2. The third-order valence-corrected chi connectivity index (χ3v) is 4.96. The quantitative estimate of drug-likeness (QED) is 0.802. The Morgan fingerprint density at radius 3 is 2.69 bits per heavy atom. The Morgan fingerprint density at radius 1 is 1.12 bits per heavy atom. The minimum absolute atomic E-state index is 0. The van der Waals surface area contributed by atoms with Gasteiger partial charge in [0, 0.05) is 38.2 Å². The van der Waals surface area contributed by atoms with Gasteiger partial charge in [-0.05, 0) is 37.3 Å². The van der Waals surface area contributed by atoms with Crippen LogP contribution in [-0.4, -0.2) is 52.0 Å². The Bertz CT molecular complexity index is 717. The number of hydrogen-bond acceptors (Lipinski definition) is 5. The third kappa shape index (κ3) is 4.83. The van der Waals surface area contributed by atoms with E-state index in [1.54, 1.807) is 0 Å². The standard InChI is InChI=1S/C19H24N4O2.ClH/c24-18(13-15-7-8-15)23-10-4-9-22(11-12-23)14-17-20-19(25-21-17)16-5-2-1-3-6-16;/h1-3,5-6,15H,4,7-14H2;1H. The molecule has 26 heavy (non-hydrogen) atoms. The van der Waals surface area contributed by atoms with Crippen molar-refractivity contribution >= 4 is 18.3 Å². The number of amides is 1. The van der Waals surface area contributed by atoms with E-state index in [9.17, 15) is 4.79 Å². The van der Waals surface area contributed by atoms with Crippen molar-refractivity contribution in [2.75, 3.05) is 26.2 Å². The lowest BCUT2D eigenvalue weighted by atomic mass is 10.2. The van der Waals surface area contributed by atoms with Crippen LogP contribution in [0.1, 0.15) is 31.5 Å².